The Labute approximate surface area is 95.9 Å². The molecule has 0 aromatic heterocycles. The SMILES string of the molecule is O=C1Nc2c(Br)cccc2OC12CCC2. The second-order valence-corrected chi connectivity index (χ2v) is 4.87. The first-order valence-electron chi connectivity index (χ1n) is 5.00. The van der Waals surface area contributed by atoms with Gasteiger partial charge in [-0.3, -0.25) is 4.79 Å². The monoisotopic (exact) mass is 267 g/mol. The van der Waals surface area contributed by atoms with Gasteiger partial charge in [-0.15, -0.1) is 0 Å². The maximum atomic E-state index is 11.9. The first kappa shape index (κ1) is 9.21. The van der Waals surface area contributed by atoms with E-state index in [4.69, 9.17) is 4.74 Å². The zero-order chi connectivity index (χ0) is 10.5. The van der Waals surface area contributed by atoms with Gasteiger partial charge in [-0.1, -0.05) is 6.07 Å². The minimum absolute atomic E-state index is 0.00634. The van der Waals surface area contributed by atoms with Gasteiger partial charge >= 0.3 is 0 Å². The van der Waals surface area contributed by atoms with Crippen LogP contribution in [0.2, 0.25) is 0 Å². The van der Waals surface area contributed by atoms with Crippen LogP contribution in [0.15, 0.2) is 22.7 Å². The van der Waals surface area contributed by atoms with Gasteiger partial charge in [-0.2, -0.15) is 0 Å². The van der Waals surface area contributed by atoms with Crippen molar-refractivity contribution in [3.05, 3.63) is 22.7 Å². The number of fused-ring (bicyclic) bond motifs is 1. The van der Waals surface area contributed by atoms with Crippen LogP contribution in [-0.2, 0) is 4.79 Å². The molecule has 3 nitrogen and oxygen atoms in total. The minimum atomic E-state index is -0.576. The van der Waals surface area contributed by atoms with E-state index >= 15 is 0 Å². The number of anilines is 1. The van der Waals surface area contributed by atoms with Gasteiger partial charge in [0.15, 0.2) is 5.60 Å². The second kappa shape index (κ2) is 2.98. The minimum Gasteiger partial charge on any atom is -0.475 e. The summed E-state index contributed by atoms with van der Waals surface area (Å²) in [7, 11) is 0. The molecule has 0 radical (unpaired) electrons. The van der Waals surface area contributed by atoms with E-state index in [1.807, 2.05) is 18.2 Å². The number of benzene rings is 1. The fourth-order valence-corrected chi connectivity index (χ4v) is 2.47. The molecule has 2 aliphatic rings. The topological polar surface area (TPSA) is 38.3 Å². The van der Waals surface area contributed by atoms with Crippen molar-refractivity contribution in [1.29, 1.82) is 0 Å². The largest absolute Gasteiger partial charge is 0.475 e. The van der Waals surface area contributed by atoms with Gasteiger partial charge < -0.3 is 10.1 Å². The van der Waals surface area contributed by atoms with Crippen LogP contribution >= 0.6 is 15.9 Å². The molecular weight excluding hydrogens is 258 g/mol. The molecule has 1 aliphatic heterocycles. The molecular formula is C11H10BrNO2. The Hall–Kier alpha value is -1.03. The molecule has 1 amide bonds. The summed E-state index contributed by atoms with van der Waals surface area (Å²) < 4.78 is 6.67. The predicted octanol–water partition coefficient (Wildman–Crippen LogP) is 2.70. The van der Waals surface area contributed by atoms with Crippen molar-refractivity contribution in [2.45, 2.75) is 24.9 Å². The first-order chi connectivity index (χ1) is 7.21. The number of nitrogens with one attached hydrogen (secondary N) is 1. The van der Waals surface area contributed by atoms with E-state index in [9.17, 15) is 4.79 Å². The molecule has 3 rings (SSSR count). The van der Waals surface area contributed by atoms with Gasteiger partial charge in [0.05, 0.1) is 5.69 Å². The highest BCUT2D eigenvalue weighted by molar-refractivity contribution is 9.10. The van der Waals surface area contributed by atoms with E-state index in [0.717, 1.165) is 35.2 Å². The van der Waals surface area contributed by atoms with E-state index in [-0.39, 0.29) is 5.91 Å². The van der Waals surface area contributed by atoms with Crippen molar-refractivity contribution in [2.75, 3.05) is 5.32 Å². The molecule has 78 valence electrons. The molecule has 1 saturated carbocycles. The Morgan fingerprint density at radius 1 is 1.40 bits per heavy atom. The zero-order valence-corrected chi connectivity index (χ0v) is 9.63. The summed E-state index contributed by atoms with van der Waals surface area (Å²) >= 11 is 3.39. The smallest absolute Gasteiger partial charge is 0.268 e. The van der Waals surface area contributed by atoms with E-state index in [1.165, 1.54) is 0 Å². The number of carbonyl (C=O) groups is 1. The molecule has 1 N–H and O–H groups in total. The Morgan fingerprint density at radius 2 is 2.20 bits per heavy atom. The summed E-state index contributed by atoms with van der Waals surface area (Å²) in [5.41, 5.74) is 0.174. The lowest BCUT2D eigenvalue weighted by atomic mass is 9.78. The number of hydrogen-bond donors (Lipinski definition) is 1. The Kier molecular flexibility index (Phi) is 1.83. The van der Waals surface area contributed by atoms with E-state index < -0.39 is 5.60 Å². The van der Waals surface area contributed by atoms with Crippen LogP contribution in [0.5, 0.6) is 5.75 Å². The molecule has 1 aromatic rings. The lowest BCUT2D eigenvalue weighted by Crippen LogP contribution is -2.55. The van der Waals surface area contributed by atoms with Crippen molar-refractivity contribution in [2.24, 2.45) is 0 Å². The fraction of sp³-hybridized carbons (Fsp3) is 0.364. The summed E-state index contributed by atoms with van der Waals surface area (Å²) in [5.74, 6) is 0.761. The van der Waals surface area contributed by atoms with Crippen LogP contribution in [0.25, 0.3) is 0 Å². The van der Waals surface area contributed by atoms with Gasteiger partial charge in [0.1, 0.15) is 5.75 Å². The van der Waals surface area contributed by atoms with Gasteiger partial charge in [0.2, 0.25) is 0 Å². The predicted molar refractivity (Wildman–Crippen MR) is 60.0 cm³/mol. The Balaban J connectivity index is 2.06. The number of para-hydroxylation sites is 1. The highest BCUT2D eigenvalue weighted by Gasteiger charge is 2.49. The average molecular weight is 268 g/mol. The molecule has 1 heterocycles. The summed E-state index contributed by atoms with van der Waals surface area (Å²) in [6.45, 7) is 0. The number of rotatable bonds is 0. The number of halogens is 1. The standard InChI is InChI=1S/C11H10BrNO2/c12-7-3-1-4-8-9(7)13-10(14)11(15-8)5-2-6-11/h1,3-4H,2,5-6H2,(H,13,14). The number of hydrogen-bond acceptors (Lipinski definition) is 2. The lowest BCUT2D eigenvalue weighted by molar-refractivity contribution is -0.139. The van der Waals surface area contributed by atoms with E-state index in [2.05, 4.69) is 21.2 Å². The molecule has 1 aliphatic carbocycles. The van der Waals surface area contributed by atoms with Crippen LogP contribution in [0.1, 0.15) is 19.3 Å². The van der Waals surface area contributed by atoms with Crippen molar-refractivity contribution in [3.63, 3.8) is 0 Å². The average Bonchev–Trinajstić information content (AvgIpc) is 2.16. The van der Waals surface area contributed by atoms with Crippen LogP contribution in [0.3, 0.4) is 0 Å². The number of ether oxygens (including phenoxy) is 1. The number of amides is 1. The molecule has 1 spiro atoms. The third-order valence-corrected chi connectivity index (χ3v) is 3.76. The molecule has 1 fully saturated rings. The summed E-state index contributed by atoms with van der Waals surface area (Å²) in [6.07, 6.45) is 2.71. The third kappa shape index (κ3) is 1.21. The maximum Gasteiger partial charge on any atom is 0.268 e. The van der Waals surface area contributed by atoms with Crippen molar-refractivity contribution in [1.82, 2.24) is 0 Å². The van der Waals surface area contributed by atoms with Crippen molar-refractivity contribution in [3.8, 4) is 5.75 Å². The van der Waals surface area contributed by atoms with Gasteiger partial charge in [0.25, 0.3) is 5.91 Å². The normalized spacial score (nSPS) is 21.3. The molecule has 15 heavy (non-hydrogen) atoms. The maximum absolute atomic E-state index is 11.9. The van der Waals surface area contributed by atoms with Crippen LogP contribution in [0, 0.1) is 0 Å². The molecule has 4 heteroatoms. The molecule has 0 unspecified atom stereocenters. The van der Waals surface area contributed by atoms with Gasteiger partial charge in [0, 0.05) is 4.47 Å². The van der Waals surface area contributed by atoms with E-state index in [0.29, 0.717) is 0 Å². The van der Waals surface area contributed by atoms with Crippen molar-refractivity contribution >= 4 is 27.5 Å². The first-order valence-corrected chi connectivity index (χ1v) is 5.80. The third-order valence-electron chi connectivity index (χ3n) is 3.09. The molecule has 0 saturated heterocycles. The van der Waals surface area contributed by atoms with Gasteiger partial charge in [-0.05, 0) is 47.3 Å². The summed E-state index contributed by atoms with van der Waals surface area (Å²) in [6, 6.07) is 5.69. The highest BCUT2D eigenvalue weighted by atomic mass is 79.9. The van der Waals surface area contributed by atoms with Crippen LogP contribution in [-0.4, -0.2) is 11.5 Å². The summed E-state index contributed by atoms with van der Waals surface area (Å²) in [5, 5.41) is 2.91. The van der Waals surface area contributed by atoms with E-state index in [1.54, 1.807) is 0 Å². The van der Waals surface area contributed by atoms with Crippen molar-refractivity contribution < 1.29 is 9.53 Å². The van der Waals surface area contributed by atoms with Crippen LogP contribution in [0.4, 0.5) is 5.69 Å². The van der Waals surface area contributed by atoms with Gasteiger partial charge in [-0.25, -0.2) is 0 Å². The second-order valence-electron chi connectivity index (χ2n) is 4.02. The Morgan fingerprint density at radius 3 is 2.87 bits per heavy atom. The number of carbonyl (C=O) groups excluding carboxylic acids is 1. The highest BCUT2D eigenvalue weighted by Crippen LogP contribution is 2.45. The molecule has 0 atom stereocenters. The van der Waals surface area contributed by atoms with Crippen LogP contribution < -0.4 is 10.1 Å². The zero-order valence-electron chi connectivity index (χ0n) is 8.05. The molecule has 0 bridgehead atoms. The fourth-order valence-electron chi connectivity index (χ4n) is 2.02. The quantitative estimate of drug-likeness (QED) is 0.785. The Bertz CT molecular complexity index is 440. The lowest BCUT2D eigenvalue weighted by Gasteiger charge is -2.43. The summed E-state index contributed by atoms with van der Waals surface area (Å²) in [4.78, 5) is 11.9. The molecule has 1 aromatic carbocycles.